The summed E-state index contributed by atoms with van der Waals surface area (Å²) in [5.41, 5.74) is 1.65. The molecule has 202 valence electrons. The van der Waals surface area contributed by atoms with E-state index in [1.54, 1.807) is 38.3 Å². The maximum Gasteiger partial charge on any atom is 0.345 e. The van der Waals surface area contributed by atoms with E-state index in [9.17, 15) is 14.4 Å². The molecule has 1 saturated carbocycles. The first kappa shape index (κ1) is 27.0. The molecule has 3 aliphatic rings. The van der Waals surface area contributed by atoms with Gasteiger partial charge < -0.3 is 29.1 Å². The smallest absolute Gasteiger partial charge is 0.345 e. The molecule has 1 aromatic carbocycles. The largest absolute Gasteiger partial charge is 0.497 e. The first-order valence-electron chi connectivity index (χ1n) is 13.4. The van der Waals surface area contributed by atoms with Gasteiger partial charge in [-0.3, -0.25) is 9.59 Å². The first-order valence-corrected chi connectivity index (χ1v) is 13.4. The second kappa shape index (κ2) is 12.0. The van der Waals surface area contributed by atoms with Gasteiger partial charge in [0.05, 0.1) is 13.7 Å². The molecule has 0 spiro atoms. The lowest BCUT2D eigenvalue weighted by atomic mass is 9.76. The van der Waals surface area contributed by atoms with Crippen molar-refractivity contribution in [2.24, 2.45) is 5.92 Å². The lowest BCUT2D eigenvalue weighted by Crippen LogP contribution is -2.58. The van der Waals surface area contributed by atoms with E-state index in [1.165, 1.54) is 0 Å². The van der Waals surface area contributed by atoms with E-state index in [0.29, 0.717) is 44.0 Å². The molecule has 1 aromatic rings. The number of methoxy groups -OCH3 is 1. The predicted molar refractivity (Wildman–Crippen MR) is 140 cm³/mol. The highest BCUT2D eigenvalue weighted by atomic mass is 16.5. The number of carbonyl (C=O) groups excluding carboxylic acids is 3. The lowest BCUT2D eigenvalue weighted by molar-refractivity contribution is -0.145. The quantitative estimate of drug-likeness (QED) is 0.390. The molecule has 9 nitrogen and oxygen atoms in total. The molecule has 2 heterocycles. The van der Waals surface area contributed by atoms with Crippen LogP contribution >= 0.6 is 0 Å². The average Bonchev–Trinajstić information content (AvgIpc) is 2.91. The van der Waals surface area contributed by atoms with Crippen LogP contribution in [0.5, 0.6) is 5.75 Å². The number of nitrogens with zero attached hydrogens (tertiary/aromatic N) is 4. The van der Waals surface area contributed by atoms with E-state index < -0.39 is 5.97 Å². The van der Waals surface area contributed by atoms with Gasteiger partial charge in [0.2, 0.25) is 0 Å². The zero-order chi connectivity index (χ0) is 26.5. The van der Waals surface area contributed by atoms with Gasteiger partial charge >= 0.3 is 5.97 Å². The topological polar surface area (TPSA) is 82.6 Å². The highest BCUT2D eigenvalue weighted by Gasteiger charge is 2.47. The van der Waals surface area contributed by atoms with Crippen LogP contribution in [0.15, 0.2) is 35.5 Å². The zero-order valence-electron chi connectivity index (χ0n) is 22.6. The van der Waals surface area contributed by atoms with Crippen molar-refractivity contribution < 1.29 is 23.9 Å². The fourth-order valence-corrected chi connectivity index (χ4v) is 5.82. The Hall–Kier alpha value is -3.07. The number of benzene rings is 1. The molecule has 2 aliphatic heterocycles. The molecular weight excluding hydrogens is 472 g/mol. The lowest BCUT2D eigenvalue weighted by Gasteiger charge is -2.49. The number of fused-ring (bicyclic) bond motifs is 1. The third-order valence-electron chi connectivity index (χ3n) is 7.72. The van der Waals surface area contributed by atoms with Gasteiger partial charge in [0.25, 0.3) is 11.8 Å². The third-order valence-corrected chi connectivity index (χ3v) is 7.72. The Balaban J connectivity index is 1.58. The van der Waals surface area contributed by atoms with Gasteiger partial charge in [-0.05, 0) is 58.1 Å². The van der Waals surface area contributed by atoms with Crippen LogP contribution in [0.4, 0.5) is 0 Å². The number of carbonyl (C=O) groups is 3. The van der Waals surface area contributed by atoms with Crippen molar-refractivity contribution in [3.8, 4) is 5.75 Å². The Labute approximate surface area is 220 Å². The zero-order valence-corrected chi connectivity index (χ0v) is 22.6. The Morgan fingerprint density at radius 3 is 2.32 bits per heavy atom. The van der Waals surface area contributed by atoms with E-state index >= 15 is 0 Å². The Morgan fingerprint density at radius 1 is 1.03 bits per heavy atom. The minimum Gasteiger partial charge on any atom is -0.497 e. The van der Waals surface area contributed by atoms with Gasteiger partial charge in [0.1, 0.15) is 11.3 Å². The van der Waals surface area contributed by atoms with Gasteiger partial charge in [-0.2, -0.15) is 0 Å². The van der Waals surface area contributed by atoms with Crippen molar-refractivity contribution in [2.75, 3.05) is 67.1 Å². The van der Waals surface area contributed by atoms with Crippen LogP contribution in [0.2, 0.25) is 0 Å². The Bertz CT molecular complexity index is 1010. The molecule has 0 bridgehead atoms. The molecule has 4 rings (SSSR count). The highest BCUT2D eigenvalue weighted by Crippen LogP contribution is 2.41. The molecule has 37 heavy (non-hydrogen) atoms. The van der Waals surface area contributed by atoms with E-state index in [2.05, 4.69) is 9.80 Å². The Kier molecular flexibility index (Phi) is 8.74. The number of amides is 2. The van der Waals surface area contributed by atoms with Crippen molar-refractivity contribution in [1.82, 2.24) is 19.6 Å². The number of esters is 1. The normalized spacial score (nSPS) is 22.3. The second-order valence-electron chi connectivity index (χ2n) is 10.2. The van der Waals surface area contributed by atoms with Crippen molar-refractivity contribution in [2.45, 2.75) is 38.6 Å². The van der Waals surface area contributed by atoms with Crippen molar-refractivity contribution in [1.29, 1.82) is 0 Å². The highest BCUT2D eigenvalue weighted by molar-refractivity contribution is 6.17. The van der Waals surface area contributed by atoms with Crippen molar-refractivity contribution in [3.63, 3.8) is 0 Å². The number of rotatable bonds is 8. The monoisotopic (exact) mass is 512 g/mol. The van der Waals surface area contributed by atoms with E-state index in [1.807, 2.05) is 23.9 Å². The van der Waals surface area contributed by atoms with E-state index in [0.717, 1.165) is 37.9 Å². The standard InChI is InChI=1S/C28H40N4O5/c1-5-37-28(35)24-25(22-8-6-7-9-23(22)32(27(24)34)19-14-29(2)3)30-15-17-31(18-16-30)26(33)20-10-12-21(36-4)13-11-20/h10-13,22-23H,5-9,14-19H2,1-4H3. The van der Waals surface area contributed by atoms with Gasteiger partial charge in [-0.15, -0.1) is 0 Å². The molecule has 0 N–H and O–H groups in total. The van der Waals surface area contributed by atoms with Gasteiger partial charge in [-0.25, -0.2) is 4.79 Å². The summed E-state index contributed by atoms with van der Waals surface area (Å²) in [7, 11) is 5.59. The molecule has 2 amide bonds. The predicted octanol–water partition coefficient (Wildman–Crippen LogP) is 2.23. The fourth-order valence-electron chi connectivity index (χ4n) is 5.82. The number of ether oxygens (including phenoxy) is 2. The third kappa shape index (κ3) is 5.76. The number of hydrogen-bond acceptors (Lipinski definition) is 7. The summed E-state index contributed by atoms with van der Waals surface area (Å²) in [6.07, 6.45) is 4.05. The number of piperazine rings is 1. The van der Waals surface area contributed by atoms with Gasteiger partial charge in [0, 0.05) is 62.5 Å². The van der Waals surface area contributed by atoms with Crippen LogP contribution in [0.3, 0.4) is 0 Å². The number of likely N-dealkylation sites (N-methyl/N-ethyl adjacent to an activating group) is 1. The van der Waals surface area contributed by atoms with Gasteiger partial charge in [0.15, 0.2) is 0 Å². The van der Waals surface area contributed by atoms with Crippen LogP contribution in [0.25, 0.3) is 0 Å². The van der Waals surface area contributed by atoms with Crippen LogP contribution in [-0.2, 0) is 14.3 Å². The minimum atomic E-state index is -0.530. The molecule has 2 fully saturated rings. The molecule has 0 aromatic heterocycles. The second-order valence-corrected chi connectivity index (χ2v) is 10.2. The van der Waals surface area contributed by atoms with Crippen LogP contribution in [0.1, 0.15) is 43.0 Å². The summed E-state index contributed by atoms with van der Waals surface area (Å²) in [6.45, 7) is 5.53. The molecule has 2 atom stereocenters. The molecule has 0 radical (unpaired) electrons. The van der Waals surface area contributed by atoms with Crippen LogP contribution in [0, 0.1) is 5.92 Å². The van der Waals surface area contributed by atoms with E-state index in [-0.39, 0.29) is 36.0 Å². The minimum absolute atomic E-state index is 0.0213. The summed E-state index contributed by atoms with van der Waals surface area (Å²) >= 11 is 0. The fraction of sp³-hybridized carbons (Fsp3) is 0.607. The summed E-state index contributed by atoms with van der Waals surface area (Å²) in [6, 6.07) is 7.23. The Morgan fingerprint density at radius 2 is 1.70 bits per heavy atom. The summed E-state index contributed by atoms with van der Waals surface area (Å²) in [5, 5.41) is 0. The van der Waals surface area contributed by atoms with Gasteiger partial charge in [-0.1, -0.05) is 12.8 Å². The van der Waals surface area contributed by atoms with Crippen LogP contribution < -0.4 is 4.74 Å². The molecule has 1 saturated heterocycles. The summed E-state index contributed by atoms with van der Waals surface area (Å²) in [5.74, 6) is 0.0561. The molecular formula is C28H40N4O5. The maximum atomic E-state index is 13.8. The SMILES string of the molecule is CCOC(=O)C1=C(N2CCN(C(=O)c3ccc(OC)cc3)CC2)C2CCCCC2N(CCN(C)C)C1=O. The van der Waals surface area contributed by atoms with Crippen molar-refractivity contribution in [3.05, 3.63) is 41.1 Å². The maximum absolute atomic E-state index is 13.8. The molecule has 1 aliphatic carbocycles. The summed E-state index contributed by atoms with van der Waals surface area (Å²) in [4.78, 5) is 48.1. The number of hydrogen-bond donors (Lipinski definition) is 0. The van der Waals surface area contributed by atoms with E-state index in [4.69, 9.17) is 9.47 Å². The molecule has 2 unspecified atom stereocenters. The van der Waals surface area contributed by atoms with Crippen molar-refractivity contribution >= 4 is 17.8 Å². The van der Waals surface area contributed by atoms with Crippen LogP contribution in [-0.4, -0.2) is 111 Å². The average molecular weight is 513 g/mol. The summed E-state index contributed by atoms with van der Waals surface area (Å²) < 4.78 is 10.6. The molecule has 9 heteroatoms. The first-order chi connectivity index (χ1) is 17.8.